The smallest absolute Gasteiger partial charge is 0.326 e. The number of fused-ring (bicyclic) bond motifs is 2. The maximum atomic E-state index is 11.7. The fourth-order valence-electron chi connectivity index (χ4n) is 2.56. The lowest BCUT2D eigenvalue weighted by atomic mass is 9.96. The van der Waals surface area contributed by atoms with Crippen LogP contribution in [0.5, 0.6) is 0 Å². The van der Waals surface area contributed by atoms with Crippen LogP contribution < -0.4 is 16.4 Å². The van der Waals surface area contributed by atoms with Crippen molar-refractivity contribution in [3.63, 3.8) is 0 Å². The molecule has 0 aliphatic carbocycles. The molecule has 2 aliphatic rings. The van der Waals surface area contributed by atoms with E-state index >= 15 is 0 Å². The molecule has 2 fully saturated rings. The predicted molar refractivity (Wildman–Crippen MR) is 63.2 cm³/mol. The zero-order valence-electron chi connectivity index (χ0n) is 10.3. The van der Waals surface area contributed by atoms with Crippen molar-refractivity contribution in [2.24, 2.45) is 5.73 Å². The van der Waals surface area contributed by atoms with Crippen LogP contribution in [-0.2, 0) is 14.3 Å². The Kier molecular flexibility index (Phi) is 3.89. The van der Waals surface area contributed by atoms with Crippen molar-refractivity contribution in [1.82, 2.24) is 10.6 Å². The summed E-state index contributed by atoms with van der Waals surface area (Å²) in [7, 11) is 0. The maximum absolute atomic E-state index is 11.7. The standard InChI is InChI=1S/C11H17N3O5/c12-9(15)4-7(10(16)17)14-11(18)13-6-3-5-1-2-8(6)19-5/h5-8H,1-4H2,(H2,12,15)(H,16,17)(H2,13,14,18)/t5?,6?,7-,8?/m1/s1. The maximum Gasteiger partial charge on any atom is 0.326 e. The van der Waals surface area contributed by atoms with Crippen molar-refractivity contribution in [3.8, 4) is 0 Å². The van der Waals surface area contributed by atoms with Crippen molar-refractivity contribution >= 4 is 17.9 Å². The third kappa shape index (κ3) is 3.34. The second kappa shape index (κ2) is 5.43. The van der Waals surface area contributed by atoms with Gasteiger partial charge in [-0.2, -0.15) is 0 Å². The van der Waals surface area contributed by atoms with Gasteiger partial charge in [0.05, 0.1) is 24.7 Å². The first-order chi connectivity index (χ1) is 8.95. The molecular weight excluding hydrogens is 254 g/mol. The molecule has 2 heterocycles. The van der Waals surface area contributed by atoms with E-state index in [1.165, 1.54) is 0 Å². The summed E-state index contributed by atoms with van der Waals surface area (Å²) in [5, 5.41) is 13.8. The van der Waals surface area contributed by atoms with Gasteiger partial charge >= 0.3 is 12.0 Å². The largest absolute Gasteiger partial charge is 0.480 e. The predicted octanol–water partition coefficient (Wildman–Crippen LogP) is -1.07. The van der Waals surface area contributed by atoms with Crippen LogP contribution in [0.25, 0.3) is 0 Å². The Bertz CT molecular complexity index is 400. The summed E-state index contributed by atoms with van der Waals surface area (Å²) in [4.78, 5) is 33.3. The normalized spacial score (nSPS) is 29.8. The van der Waals surface area contributed by atoms with Crippen molar-refractivity contribution in [2.75, 3.05) is 0 Å². The van der Waals surface area contributed by atoms with Gasteiger partial charge < -0.3 is 26.2 Å². The van der Waals surface area contributed by atoms with E-state index in [0.717, 1.165) is 19.3 Å². The Morgan fingerprint density at radius 1 is 1.37 bits per heavy atom. The number of nitrogens with one attached hydrogen (secondary N) is 2. The summed E-state index contributed by atoms with van der Waals surface area (Å²) in [6.07, 6.45) is 2.41. The number of carboxylic acid groups (broad SMARTS) is 1. The van der Waals surface area contributed by atoms with Gasteiger partial charge in [0.25, 0.3) is 0 Å². The molecule has 2 bridgehead atoms. The van der Waals surface area contributed by atoms with Crippen molar-refractivity contribution in [2.45, 2.75) is 50.0 Å². The summed E-state index contributed by atoms with van der Waals surface area (Å²) in [6.45, 7) is 0. The first-order valence-electron chi connectivity index (χ1n) is 6.19. The molecule has 0 saturated carbocycles. The third-order valence-corrected chi connectivity index (χ3v) is 3.43. The molecule has 0 spiro atoms. The molecule has 8 heteroatoms. The monoisotopic (exact) mass is 271 g/mol. The summed E-state index contributed by atoms with van der Waals surface area (Å²) >= 11 is 0. The molecule has 3 unspecified atom stereocenters. The minimum atomic E-state index is -1.31. The highest BCUT2D eigenvalue weighted by Crippen LogP contribution is 2.34. The number of ether oxygens (including phenoxy) is 1. The molecule has 0 aromatic rings. The topological polar surface area (TPSA) is 131 Å². The molecule has 4 atom stereocenters. The highest BCUT2D eigenvalue weighted by molar-refractivity contribution is 5.87. The Balaban J connectivity index is 1.82. The van der Waals surface area contributed by atoms with Gasteiger partial charge in [-0.1, -0.05) is 0 Å². The van der Waals surface area contributed by atoms with Gasteiger partial charge in [-0.3, -0.25) is 4.79 Å². The van der Waals surface area contributed by atoms with Crippen molar-refractivity contribution in [3.05, 3.63) is 0 Å². The second-order valence-electron chi connectivity index (χ2n) is 4.90. The van der Waals surface area contributed by atoms with E-state index < -0.39 is 30.4 Å². The number of carbonyl (C=O) groups is 3. The Morgan fingerprint density at radius 2 is 2.11 bits per heavy atom. The van der Waals surface area contributed by atoms with Crippen molar-refractivity contribution in [1.29, 1.82) is 0 Å². The third-order valence-electron chi connectivity index (χ3n) is 3.43. The molecule has 8 nitrogen and oxygen atoms in total. The molecule has 2 rings (SSSR count). The lowest BCUT2D eigenvalue weighted by Gasteiger charge is -2.21. The van der Waals surface area contributed by atoms with E-state index in [-0.39, 0.29) is 18.2 Å². The second-order valence-corrected chi connectivity index (χ2v) is 4.90. The lowest BCUT2D eigenvalue weighted by molar-refractivity contribution is -0.140. The molecule has 5 N–H and O–H groups in total. The fraction of sp³-hybridized carbons (Fsp3) is 0.727. The van der Waals surface area contributed by atoms with Crippen LogP contribution in [0.4, 0.5) is 4.79 Å². The number of hydrogen-bond donors (Lipinski definition) is 4. The Hall–Kier alpha value is -1.83. The Morgan fingerprint density at radius 3 is 2.58 bits per heavy atom. The van der Waals surface area contributed by atoms with E-state index in [9.17, 15) is 14.4 Å². The lowest BCUT2D eigenvalue weighted by Crippen LogP contribution is -2.52. The van der Waals surface area contributed by atoms with Crippen LogP contribution in [0.3, 0.4) is 0 Å². The molecule has 0 radical (unpaired) electrons. The van der Waals surface area contributed by atoms with Crippen LogP contribution in [0.1, 0.15) is 25.7 Å². The molecule has 106 valence electrons. The van der Waals surface area contributed by atoms with Gasteiger partial charge in [0.15, 0.2) is 0 Å². The van der Waals surface area contributed by atoms with Gasteiger partial charge in [0.1, 0.15) is 6.04 Å². The van der Waals surface area contributed by atoms with Gasteiger partial charge in [-0.15, -0.1) is 0 Å². The number of amides is 3. The molecule has 2 aliphatic heterocycles. The van der Waals surface area contributed by atoms with E-state index in [4.69, 9.17) is 15.6 Å². The number of aliphatic carboxylic acids is 1. The summed E-state index contributed by atoms with van der Waals surface area (Å²) in [5.74, 6) is -2.07. The van der Waals surface area contributed by atoms with Crippen LogP contribution in [-0.4, -0.2) is 47.3 Å². The minimum Gasteiger partial charge on any atom is -0.480 e. The summed E-state index contributed by atoms with van der Waals surface area (Å²) < 4.78 is 5.57. The van der Waals surface area contributed by atoms with E-state index in [0.29, 0.717) is 0 Å². The molecule has 2 saturated heterocycles. The highest BCUT2D eigenvalue weighted by atomic mass is 16.5. The number of carboxylic acids is 1. The average molecular weight is 271 g/mol. The number of rotatable bonds is 5. The van der Waals surface area contributed by atoms with E-state index in [1.807, 2.05) is 0 Å². The zero-order valence-corrected chi connectivity index (χ0v) is 10.3. The quantitative estimate of drug-likeness (QED) is 0.506. The van der Waals surface area contributed by atoms with Crippen LogP contribution in [0.2, 0.25) is 0 Å². The SMILES string of the molecule is NC(=O)C[C@@H](NC(=O)NC1CC2CCC1O2)C(=O)O. The van der Waals surface area contributed by atoms with Gasteiger partial charge in [-0.05, 0) is 19.3 Å². The van der Waals surface area contributed by atoms with Crippen molar-refractivity contribution < 1.29 is 24.2 Å². The minimum absolute atomic E-state index is 0.00942. The number of hydrogen-bond acceptors (Lipinski definition) is 4. The molecule has 19 heavy (non-hydrogen) atoms. The van der Waals surface area contributed by atoms with Crippen LogP contribution in [0.15, 0.2) is 0 Å². The number of urea groups is 1. The summed E-state index contributed by atoms with van der Waals surface area (Å²) in [5.41, 5.74) is 4.93. The average Bonchev–Trinajstić information content (AvgIpc) is 2.89. The van der Waals surface area contributed by atoms with E-state index in [2.05, 4.69) is 10.6 Å². The van der Waals surface area contributed by atoms with Gasteiger partial charge in [0.2, 0.25) is 5.91 Å². The Labute approximate surface area is 109 Å². The van der Waals surface area contributed by atoms with Gasteiger partial charge in [0, 0.05) is 0 Å². The molecule has 0 aromatic heterocycles. The number of carbonyl (C=O) groups excluding carboxylic acids is 2. The van der Waals surface area contributed by atoms with Crippen LogP contribution in [0, 0.1) is 0 Å². The first-order valence-corrected chi connectivity index (χ1v) is 6.19. The van der Waals surface area contributed by atoms with Crippen LogP contribution >= 0.6 is 0 Å². The zero-order chi connectivity index (χ0) is 14.0. The number of primary amides is 1. The molecule has 0 aromatic carbocycles. The highest BCUT2D eigenvalue weighted by Gasteiger charge is 2.41. The summed E-state index contributed by atoms with van der Waals surface area (Å²) in [6, 6.07) is -2.02. The number of nitrogens with two attached hydrogens (primary N) is 1. The fourth-order valence-corrected chi connectivity index (χ4v) is 2.56. The van der Waals surface area contributed by atoms with Gasteiger partial charge in [-0.25, -0.2) is 9.59 Å². The van der Waals surface area contributed by atoms with E-state index in [1.54, 1.807) is 0 Å². The molecule has 3 amide bonds. The first kappa shape index (κ1) is 13.6. The molecular formula is C11H17N3O5.